The van der Waals surface area contributed by atoms with Crippen molar-refractivity contribution in [2.24, 2.45) is 0 Å². The van der Waals surface area contributed by atoms with Crippen LogP contribution in [0.1, 0.15) is 6.92 Å². The van der Waals surface area contributed by atoms with Crippen molar-refractivity contribution in [3.8, 4) is 0 Å². The van der Waals surface area contributed by atoms with E-state index in [0.29, 0.717) is 13.1 Å². The Morgan fingerprint density at radius 3 is 2.55 bits per heavy atom. The van der Waals surface area contributed by atoms with Gasteiger partial charge in [-0.1, -0.05) is 28.6 Å². The van der Waals surface area contributed by atoms with Crippen LogP contribution in [0.4, 0.5) is 0 Å². The number of amides is 1. The second-order valence-corrected chi connectivity index (χ2v) is 3.33. The summed E-state index contributed by atoms with van der Waals surface area (Å²) < 4.78 is 0.801. The molecule has 0 rings (SSSR count). The van der Waals surface area contributed by atoms with Gasteiger partial charge in [-0.15, -0.1) is 6.58 Å². The van der Waals surface area contributed by atoms with Gasteiger partial charge in [0.05, 0.1) is 6.54 Å². The van der Waals surface area contributed by atoms with E-state index in [-0.39, 0.29) is 5.91 Å². The van der Waals surface area contributed by atoms with Crippen LogP contribution >= 0.6 is 15.9 Å². The molecule has 11 heavy (non-hydrogen) atoms. The lowest BCUT2D eigenvalue weighted by Gasteiger charge is -2.17. The Labute approximate surface area is 75.7 Å². The average Bonchev–Trinajstić information content (AvgIpc) is 1.86. The SMILES string of the molecule is C=CCN(CC(=C)Br)C(C)=O. The molecule has 0 unspecified atom stereocenters. The summed E-state index contributed by atoms with van der Waals surface area (Å²) >= 11 is 3.19. The number of nitrogens with zero attached hydrogens (tertiary/aromatic N) is 1. The number of rotatable bonds is 4. The van der Waals surface area contributed by atoms with Crippen LogP contribution in [-0.2, 0) is 4.79 Å². The van der Waals surface area contributed by atoms with Gasteiger partial charge >= 0.3 is 0 Å². The molecule has 0 spiro atoms. The predicted octanol–water partition coefficient (Wildman–Crippen LogP) is 1.93. The van der Waals surface area contributed by atoms with E-state index >= 15 is 0 Å². The van der Waals surface area contributed by atoms with E-state index in [1.54, 1.807) is 11.0 Å². The van der Waals surface area contributed by atoms with E-state index < -0.39 is 0 Å². The standard InChI is InChI=1S/C8H12BrNO/c1-4-5-10(8(3)11)6-7(2)9/h4H,1-2,5-6H2,3H3. The largest absolute Gasteiger partial charge is 0.334 e. The summed E-state index contributed by atoms with van der Waals surface area (Å²) in [5, 5.41) is 0. The maximum atomic E-state index is 10.9. The van der Waals surface area contributed by atoms with Crippen molar-refractivity contribution in [1.29, 1.82) is 0 Å². The zero-order valence-corrected chi connectivity index (χ0v) is 8.23. The first-order chi connectivity index (χ1) is 5.07. The highest BCUT2D eigenvalue weighted by Crippen LogP contribution is 2.04. The van der Waals surface area contributed by atoms with Crippen molar-refractivity contribution >= 4 is 21.8 Å². The highest BCUT2D eigenvalue weighted by Gasteiger charge is 2.05. The van der Waals surface area contributed by atoms with E-state index in [1.807, 2.05) is 0 Å². The molecule has 62 valence electrons. The molecule has 0 aromatic rings. The number of halogens is 1. The van der Waals surface area contributed by atoms with E-state index in [0.717, 1.165) is 4.48 Å². The fourth-order valence-corrected chi connectivity index (χ4v) is 0.970. The van der Waals surface area contributed by atoms with Crippen LogP contribution in [0.5, 0.6) is 0 Å². The van der Waals surface area contributed by atoms with Crippen molar-refractivity contribution in [3.63, 3.8) is 0 Å². The fraction of sp³-hybridized carbons (Fsp3) is 0.375. The van der Waals surface area contributed by atoms with Gasteiger partial charge in [-0.2, -0.15) is 0 Å². The molecular weight excluding hydrogens is 206 g/mol. The third kappa shape index (κ3) is 4.79. The minimum Gasteiger partial charge on any atom is -0.334 e. The van der Waals surface area contributed by atoms with Gasteiger partial charge < -0.3 is 4.90 Å². The zero-order chi connectivity index (χ0) is 8.85. The van der Waals surface area contributed by atoms with Gasteiger partial charge in [0, 0.05) is 18.0 Å². The molecule has 0 aliphatic heterocycles. The average molecular weight is 218 g/mol. The Morgan fingerprint density at radius 2 is 2.27 bits per heavy atom. The van der Waals surface area contributed by atoms with E-state index in [9.17, 15) is 4.79 Å². The third-order valence-electron chi connectivity index (χ3n) is 1.16. The molecule has 0 aliphatic carbocycles. The summed E-state index contributed by atoms with van der Waals surface area (Å²) in [5.41, 5.74) is 0. The van der Waals surface area contributed by atoms with Crippen LogP contribution in [0.15, 0.2) is 23.7 Å². The van der Waals surface area contributed by atoms with Crippen LogP contribution in [0.3, 0.4) is 0 Å². The van der Waals surface area contributed by atoms with Gasteiger partial charge in [-0.25, -0.2) is 0 Å². The summed E-state index contributed by atoms with van der Waals surface area (Å²) in [7, 11) is 0. The minimum absolute atomic E-state index is 0.0329. The molecule has 0 bridgehead atoms. The number of hydrogen-bond acceptors (Lipinski definition) is 1. The Balaban J connectivity index is 3.99. The van der Waals surface area contributed by atoms with Crippen molar-refractivity contribution in [3.05, 3.63) is 23.7 Å². The molecule has 0 radical (unpaired) electrons. The van der Waals surface area contributed by atoms with E-state index in [2.05, 4.69) is 29.1 Å². The first kappa shape index (κ1) is 10.4. The molecule has 0 aromatic carbocycles. The van der Waals surface area contributed by atoms with Crippen molar-refractivity contribution in [2.75, 3.05) is 13.1 Å². The summed E-state index contributed by atoms with van der Waals surface area (Å²) in [4.78, 5) is 12.5. The summed E-state index contributed by atoms with van der Waals surface area (Å²) in [5.74, 6) is 0.0329. The fourth-order valence-electron chi connectivity index (χ4n) is 0.667. The number of hydrogen-bond donors (Lipinski definition) is 0. The number of carbonyl (C=O) groups excluding carboxylic acids is 1. The molecule has 0 saturated carbocycles. The maximum absolute atomic E-state index is 10.9. The van der Waals surface area contributed by atoms with Gasteiger partial charge in [-0.3, -0.25) is 4.79 Å². The summed E-state index contributed by atoms with van der Waals surface area (Å²) in [6, 6.07) is 0. The second kappa shape index (κ2) is 5.13. The molecule has 0 saturated heterocycles. The highest BCUT2D eigenvalue weighted by molar-refractivity contribution is 9.11. The molecule has 0 aromatic heterocycles. The van der Waals surface area contributed by atoms with Gasteiger partial charge in [0.15, 0.2) is 0 Å². The quantitative estimate of drug-likeness (QED) is 0.660. The molecule has 2 nitrogen and oxygen atoms in total. The smallest absolute Gasteiger partial charge is 0.220 e. The van der Waals surface area contributed by atoms with Crippen LogP contribution in [0.25, 0.3) is 0 Å². The maximum Gasteiger partial charge on any atom is 0.220 e. The van der Waals surface area contributed by atoms with Crippen LogP contribution in [0, 0.1) is 0 Å². The van der Waals surface area contributed by atoms with Crippen molar-refractivity contribution in [2.45, 2.75) is 6.92 Å². The highest BCUT2D eigenvalue weighted by atomic mass is 79.9. The molecule has 1 amide bonds. The minimum atomic E-state index is 0.0329. The molecule has 0 N–H and O–H groups in total. The predicted molar refractivity (Wildman–Crippen MR) is 50.5 cm³/mol. The lowest BCUT2D eigenvalue weighted by atomic mass is 10.4. The first-order valence-corrected chi connectivity index (χ1v) is 4.07. The molecule has 0 aliphatic rings. The Morgan fingerprint density at radius 1 is 1.73 bits per heavy atom. The topological polar surface area (TPSA) is 20.3 Å². The van der Waals surface area contributed by atoms with Crippen molar-refractivity contribution in [1.82, 2.24) is 4.90 Å². The summed E-state index contributed by atoms with van der Waals surface area (Å²) in [6.07, 6.45) is 1.69. The molecule has 0 fully saturated rings. The molecular formula is C8H12BrNO. The van der Waals surface area contributed by atoms with Gasteiger partial charge in [0.2, 0.25) is 5.91 Å². The van der Waals surface area contributed by atoms with Crippen LogP contribution in [0.2, 0.25) is 0 Å². The Hall–Kier alpha value is -0.570. The van der Waals surface area contributed by atoms with Crippen LogP contribution < -0.4 is 0 Å². The van der Waals surface area contributed by atoms with Gasteiger partial charge in [0.25, 0.3) is 0 Å². The summed E-state index contributed by atoms with van der Waals surface area (Å²) in [6.45, 7) is 9.84. The lowest BCUT2D eigenvalue weighted by Crippen LogP contribution is -2.29. The third-order valence-corrected chi connectivity index (χ3v) is 1.41. The Kier molecular flexibility index (Phi) is 4.86. The lowest BCUT2D eigenvalue weighted by molar-refractivity contribution is -0.127. The van der Waals surface area contributed by atoms with E-state index in [1.165, 1.54) is 6.92 Å². The zero-order valence-electron chi connectivity index (χ0n) is 6.64. The van der Waals surface area contributed by atoms with E-state index in [4.69, 9.17) is 0 Å². The molecule has 0 heterocycles. The molecule has 3 heteroatoms. The molecule has 0 atom stereocenters. The van der Waals surface area contributed by atoms with Gasteiger partial charge in [0.1, 0.15) is 0 Å². The Bertz CT molecular complexity index is 177. The number of carbonyl (C=O) groups is 1. The van der Waals surface area contributed by atoms with Crippen molar-refractivity contribution < 1.29 is 4.79 Å². The first-order valence-electron chi connectivity index (χ1n) is 3.27. The normalized spacial score (nSPS) is 8.91. The second-order valence-electron chi connectivity index (χ2n) is 2.21. The monoisotopic (exact) mass is 217 g/mol. The van der Waals surface area contributed by atoms with Gasteiger partial charge in [-0.05, 0) is 0 Å². The van der Waals surface area contributed by atoms with Crippen LogP contribution in [-0.4, -0.2) is 23.9 Å².